The summed E-state index contributed by atoms with van der Waals surface area (Å²) in [6, 6.07) is 21.4. The second-order valence-corrected chi connectivity index (χ2v) is 19.7. The zero-order valence-electron chi connectivity index (χ0n) is 30.5. The minimum absolute atomic E-state index is 0.0114. The van der Waals surface area contributed by atoms with Crippen LogP contribution in [-0.2, 0) is 10.8 Å². The van der Waals surface area contributed by atoms with Crippen LogP contribution in [0.15, 0.2) is 83.7 Å². The fourth-order valence-corrected chi connectivity index (χ4v) is 10.6. The van der Waals surface area contributed by atoms with E-state index in [9.17, 15) is 5.39 Å². The zero-order valence-corrected chi connectivity index (χ0v) is 37.7. The van der Waals surface area contributed by atoms with Crippen molar-refractivity contribution in [2.75, 3.05) is 0 Å². The number of diazo groups is 1. The first-order valence-electron chi connectivity index (χ1n) is 16.6. The van der Waals surface area contributed by atoms with E-state index in [1.54, 1.807) is 11.3 Å². The molecule has 1 aromatic heterocycles. The van der Waals surface area contributed by atoms with E-state index in [-0.39, 0.29) is 10.8 Å². The smallest absolute Gasteiger partial charge is 0.204 e. The zero-order chi connectivity index (χ0) is 37.7. The van der Waals surface area contributed by atoms with E-state index in [4.69, 9.17) is 5.53 Å². The maximum Gasteiger partial charge on any atom is 0.402 e. The molecule has 4 nitrogen and oxygen atoms in total. The summed E-state index contributed by atoms with van der Waals surface area (Å²) in [5.74, 6) is 0. The third-order valence-corrected chi connectivity index (χ3v) is 12.9. The average molecular weight is 954 g/mol. The Morgan fingerprint density at radius 1 is 0.608 bits per heavy atom. The summed E-state index contributed by atoms with van der Waals surface area (Å²) < 4.78 is 5.56. The van der Waals surface area contributed by atoms with Gasteiger partial charge < -0.3 is 0 Å². The van der Waals surface area contributed by atoms with Crippen LogP contribution in [0, 0.1) is 58.1 Å². The molecule has 0 saturated heterocycles. The number of hydrogen-bond donors (Lipinski definition) is 1. The molecule has 51 heavy (non-hydrogen) atoms. The second kappa shape index (κ2) is 14.9. The minimum Gasteiger partial charge on any atom is -0.204 e. The summed E-state index contributed by atoms with van der Waals surface area (Å²) in [5.41, 5.74) is 18.1. The Morgan fingerprint density at radius 3 is 1.29 bits per heavy atom. The normalized spacial score (nSPS) is 11.8. The summed E-state index contributed by atoms with van der Waals surface area (Å²) >= 11 is 17.0. The van der Waals surface area contributed by atoms with Gasteiger partial charge in [0.1, 0.15) is 5.70 Å². The fraction of sp³-hybridized carbons (Fsp3) is 0.286. The van der Waals surface area contributed by atoms with Gasteiger partial charge in [-0.1, -0.05) is 97.7 Å². The van der Waals surface area contributed by atoms with Gasteiger partial charge in [-0.05, 0) is 151 Å². The molecule has 5 aromatic rings. The Kier molecular flexibility index (Phi) is 11.6. The molecule has 0 unspecified atom stereocenters. The molecule has 0 aliphatic heterocycles. The monoisotopic (exact) mass is 949 g/mol. The SMILES string of the molecule is Cc1cc(C(C)(C)C)cc(C)c1C(N=N)=c1c(Br)cc(=c2ccc(=c3cc(Br)c(=C([N+]#N)c4c(C)cc(C(C)(C)C)cc4C)c(Br)c3)s2)cc1Br. The number of aryl methyl sites for hydroxylation is 4. The topological polar surface area (TPSA) is 64.4 Å². The van der Waals surface area contributed by atoms with Crippen molar-refractivity contribution in [1.82, 2.24) is 0 Å². The molecule has 1 heterocycles. The average Bonchev–Trinajstić information content (AvgIpc) is 3.51. The van der Waals surface area contributed by atoms with Crippen LogP contribution in [0.25, 0.3) is 16.4 Å². The lowest BCUT2D eigenvalue weighted by Gasteiger charge is -2.22. The highest BCUT2D eigenvalue weighted by Crippen LogP contribution is 2.33. The highest BCUT2D eigenvalue weighted by atomic mass is 79.9. The molecule has 1 N–H and O–H groups in total. The number of halogens is 4. The van der Waals surface area contributed by atoms with E-state index in [0.29, 0.717) is 11.4 Å². The molecule has 0 atom stereocenters. The summed E-state index contributed by atoms with van der Waals surface area (Å²) in [5, 5.41) is 18.1. The number of rotatable bonds is 3. The van der Waals surface area contributed by atoms with E-state index in [0.717, 1.165) is 81.2 Å². The predicted octanol–water partition coefficient (Wildman–Crippen LogP) is 13.4. The molecule has 0 saturated carbocycles. The molecule has 5 rings (SSSR count). The predicted molar refractivity (Wildman–Crippen MR) is 227 cm³/mol. The first-order chi connectivity index (χ1) is 23.8. The van der Waals surface area contributed by atoms with Gasteiger partial charge in [0.25, 0.3) is 0 Å². The van der Waals surface area contributed by atoms with E-state index < -0.39 is 0 Å². The Labute approximate surface area is 337 Å². The highest BCUT2D eigenvalue weighted by Gasteiger charge is 2.26. The van der Waals surface area contributed by atoms with Gasteiger partial charge in [0.2, 0.25) is 5.39 Å². The largest absolute Gasteiger partial charge is 0.402 e. The van der Waals surface area contributed by atoms with Crippen LogP contribution in [0.4, 0.5) is 0 Å². The van der Waals surface area contributed by atoms with Crippen molar-refractivity contribution in [3.63, 3.8) is 0 Å². The van der Waals surface area contributed by atoms with Crippen molar-refractivity contribution in [2.24, 2.45) is 5.11 Å². The molecule has 0 aliphatic rings. The third-order valence-electron chi connectivity index (χ3n) is 9.22. The van der Waals surface area contributed by atoms with Crippen LogP contribution >= 0.6 is 75.1 Å². The molecular weight excluding hydrogens is 912 g/mol. The van der Waals surface area contributed by atoms with Gasteiger partial charge >= 0.3 is 5.70 Å². The molecular formula is C42H41Br4N4S+. The van der Waals surface area contributed by atoms with Gasteiger partial charge in [0, 0.05) is 37.7 Å². The summed E-state index contributed by atoms with van der Waals surface area (Å²) in [4.78, 5) is 3.82. The van der Waals surface area contributed by atoms with E-state index in [1.165, 1.54) is 11.1 Å². The fourth-order valence-electron chi connectivity index (χ4n) is 6.53. The van der Waals surface area contributed by atoms with Gasteiger partial charge in [0.05, 0.1) is 10.8 Å². The van der Waals surface area contributed by atoms with Gasteiger partial charge in [0.15, 0.2) is 4.98 Å². The number of nitrogens with zero attached hydrogens (tertiary/aromatic N) is 3. The van der Waals surface area contributed by atoms with Gasteiger partial charge in [-0.25, -0.2) is 5.53 Å². The van der Waals surface area contributed by atoms with Crippen LogP contribution < -0.4 is 10.4 Å². The van der Waals surface area contributed by atoms with E-state index >= 15 is 0 Å². The first kappa shape index (κ1) is 39.5. The van der Waals surface area contributed by atoms with Crippen molar-refractivity contribution in [2.45, 2.75) is 80.1 Å². The Morgan fingerprint density at radius 2 is 0.961 bits per heavy atom. The Hall–Kier alpha value is -2.74. The maximum atomic E-state index is 10.3. The summed E-state index contributed by atoms with van der Waals surface area (Å²) in [7, 11) is 0. The van der Waals surface area contributed by atoms with Gasteiger partial charge in [-0.3, -0.25) is 0 Å². The number of nitrogens with one attached hydrogen (secondary N) is 1. The molecule has 0 fully saturated rings. The van der Waals surface area contributed by atoms with E-state index in [1.807, 2.05) is 0 Å². The number of thiophene rings is 1. The minimum atomic E-state index is 0.0114. The molecule has 0 radical (unpaired) electrons. The molecule has 0 amide bonds. The Balaban J connectivity index is 1.72. The van der Waals surface area contributed by atoms with Crippen molar-refractivity contribution < 1.29 is 0 Å². The first-order valence-corrected chi connectivity index (χ1v) is 20.6. The lowest BCUT2D eigenvalue weighted by atomic mass is 9.83. The van der Waals surface area contributed by atoms with Crippen molar-refractivity contribution in [1.29, 1.82) is 10.9 Å². The molecule has 262 valence electrons. The molecule has 0 aliphatic carbocycles. The van der Waals surface area contributed by atoms with Crippen LogP contribution in [0.2, 0.25) is 0 Å². The van der Waals surface area contributed by atoms with Gasteiger partial charge in [-0.15, -0.1) is 11.3 Å². The third kappa shape index (κ3) is 7.96. The van der Waals surface area contributed by atoms with Crippen molar-refractivity contribution >= 4 is 86.5 Å². The van der Waals surface area contributed by atoms with Crippen molar-refractivity contribution in [3.8, 4) is 0 Å². The van der Waals surface area contributed by atoms with E-state index in [2.05, 4.69) is 204 Å². The lowest BCUT2D eigenvalue weighted by molar-refractivity contribution is 0.589. The molecule has 4 aromatic carbocycles. The van der Waals surface area contributed by atoms with Crippen LogP contribution in [0.3, 0.4) is 0 Å². The second-order valence-electron chi connectivity index (χ2n) is 15.2. The molecule has 0 bridgehead atoms. The molecule has 9 heteroatoms. The number of hydrogen-bond acceptors (Lipinski definition) is 4. The maximum absolute atomic E-state index is 10.3. The van der Waals surface area contributed by atoms with Crippen LogP contribution in [0.5, 0.6) is 0 Å². The van der Waals surface area contributed by atoms with Crippen LogP contribution in [-0.4, -0.2) is 0 Å². The summed E-state index contributed by atoms with van der Waals surface area (Å²) in [6.07, 6.45) is 0. The van der Waals surface area contributed by atoms with Crippen LogP contribution in [0.1, 0.15) is 86.1 Å². The van der Waals surface area contributed by atoms with Gasteiger partial charge in [-0.2, -0.15) is 5.11 Å². The quantitative estimate of drug-likeness (QED) is 0.142. The Bertz CT molecular complexity index is 2520. The molecule has 0 spiro atoms. The highest BCUT2D eigenvalue weighted by molar-refractivity contribution is 9.11. The summed E-state index contributed by atoms with van der Waals surface area (Å²) in [6.45, 7) is 21.6. The van der Waals surface area contributed by atoms with Crippen molar-refractivity contribution in [3.05, 3.63) is 158 Å². The lowest BCUT2D eigenvalue weighted by Crippen LogP contribution is -2.15. The number of benzene rings is 4. The standard InChI is InChI=1S/C42H41Br4N4S/c1-21-13-27(41(5,6)7)14-22(2)35(21)39(49-47)37-29(43)17-25(18-30(37)44)33-11-12-34(51-33)26-19-31(45)38(32(46)20-26)40(50-48)36-23(3)15-28(16-24(36)4)42(8,9)10/h11-20,47H,1-10H3/q+1.